The number of carbonyl (C=O) groups is 1. The van der Waals surface area contributed by atoms with Gasteiger partial charge < -0.3 is 10.4 Å². The van der Waals surface area contributed by atoms with Gasteiger partial charge in [-0.2, -0.15) is 5.26 Å². The monoisotopic (exact) mass is 294 g/mol. The fraction of sp³-hybridized carbons (Fsp3) is 0.467. The highest BCUT2D eigenvalue weighted by molar-refractivity contribution is 5.78. The number of hydrogen-bond donors (Lipinski definition) is 2. The predicted molar refractivity (Wildman–Crippen MR) is 70.9 cm³/mol. The van der Waals surface area contributed by atoms with Gasteiger partial charge in [0.1, 0.15) is 17.7 Å². The van der Waals surface area contributed by atoms with Crippen LogP contribution >= 0.6 is 0 Å². The molecule has 0 bridgehead atoms. The molecule has 0 spiro atoms. The second-order valence-electron chi connectivity index (χ2n) is 5.40. The normalized spacial score (nSPS) is 18.0. The molecule has 0 aromatic heterocycles. The summed E-state index contributed by atoms with van der Waals surface area (Å²) in [4.78, 5) is 11.9. The van der Waals surface area contributed by atoms with Crippen LogP contribution < -0.4 is 5.32 Å². The van der Waals surface area contributed by atoms with Gasteiger partial charge in [-0.3, -0.25) is 4.79 Å². The maximum Gasteiger partial charge on any atom is 0.224 e. The molecular weight excluding hydrogens is 278 g/mol. The van der Waals surface area contributed by atoms with E-state index in [1.54, 1.807) is 6.07 Å². The van der Waals surface area contributed by atoms with E-state index in [0.29, 0.717) is 18.9 Å². The third-order valence-corrected chi connectivity index (χ3v) is 3.73. The molecule has 2 rings (SSSR count). The summed E-state index contributed by atoms with van der Waals surface area (Å²) in [7, 11) is 0. The fourth-order valence-corrected chi connectivity index (χ4v) is 2.64. The van der Waals surface area contributed by atoms with Crippen molar-refractivity contribution in [1.82, 2.24) is 5.32 Å². The highest BCUT2D eigenvalue weighted by Crippen LogP contribution is 2.32. The second-order valence-corrected chi connectivity index (χ2v) is 5.40. The molecule has 1 atom stereocenters. The van der Waals surface area contributed by atoms with Crippen LogP contribution in [0.25, 0.3) is 0 Å². The van der Waals surface area contributed by atoms with Gasteiger partial charge in [-0.1, -0.05) is 18.9 Å². The summed E-state index contributed by atoms with van der Waals surface area (Å²) >= 11 is 0. The number of carbonyl (C=O) groups excluding carboxylic acids is 1. The minimum absolute atomic E-state index is 0.0920. The van der Waals surface area contributed by atoms with Crippen molar-refractivity contribution in [2.75, 3.05) is 0 Å². The predicted octanol–water partition coefficient (Wildman–Crippen LogP) is 2.34. The maximum atomic E-state index is 13.6. The van der Waals surface area contributed by atoms with E-state index in [1.807, 2.05) is 0 Å². The average molecular weight is 294 g/mol. The van der Waals surface area contributed by atoms with Crippen molar-refractivity contribution in [3.63, 3.8) is 0 Å². The third kappa shape index (κ3) is 3.76. The van der Waals surface area contributed by atoms with E-state index in [2.05, 4.69) is 5.32 Å². The molecule has 4 nitrogen and oxygen atoms in total. The zero-order valence-corrected chi connectivity index (χ0v) is 11.4. The van der Waals surface area contributed by atoms with Crippen molar-refractivity contribution in [2.45, 2.75) is 43.7 Å². The average Bonchev–Trinajstić information content (AvgIpc) is 2.83. The second kappa shape index (κ2) is 6.19. The maximum absolute atomic E-state index is 13.6. The van der Waals surface area contributed by atoms with Crippen molar-refractivity contribution in [2.24, 2.45) is 0 Å². The quantitative estimate of drug-likeness (QED) is 0.895. The van der Waals surface area contributed by atoms with Crippen LogP contribution in [0.3, 0.4) is 0 Å². The van der Waals surface area contributed by atoms with Crippen LogP contribution in [-0.4, -0.2) is 16.6 Å². The molecule has 1 amide bonds. The minimum atomic E-state index is -1.21. The fourth-order valence-electron chi connectivity index (χ4n) is 2.64. The van der Waals surface area contributed by atoms with Crippen molar-refractivity contribution in [3.05, 3.63) is 35.4 Å². The smallest absolute Gasteiger partial charge is 0.224 e. The molecule has 0 aliphatic heterocycles. The summed E-state index contributed by atoms with van der Waals surface area (Å²) in [5.74, 6) is -2.16. The topological polar surface area (TPSA) is 73.1 Å². The highest BCUT2D eigenvalue weighted by Gasteiger charge is 2.34. The van der Waals surface area contributed by atoms with Gasteiger partial charge in [0.15, 0.2) is 0 Å². The molecule has 1 unspecified atom stereocenters. The summed E-state index contributed by atoms with van der Waals surface area (Å²) in [5.41, 5.74) is -1.13. The molecular formula is C15H16F2N2O2. The Morgan fingerprint density at radius 2 is 2.10 bits per heavy atom. The number of hydrogen-bond acceptors (Lipinski definition) is 3. The first-order valence-corrected chi connectivity index (χ1v) is 6.80. The number of nitrogens with one attached hydrogen (secondary N) is 1. The van der Waals surface area contributed by atoms with E-state index in [4.69, 9.17) is 5.26 Å². The molecule has 112 valence electrons. The lowest BCUT2D eigenvalue weighted by Gasteiger charge is -2.22. The van der Waals surface area contributed by atoms with Crippen LogP contribution in [0.1, 0.15) is 43.7 Å². The van der Waals surface area contributed by atoms with Crippen LogP contribution in [0.5, 0.6) is 0 Å². The van der Waals surface area contributed by atoms with Crippen molar-refractivity contribution in [3.8, 4) is 6.07 Å². The lowest BCUT2D eigenvalue weighted by molar-refractivity contribution is -0.126. The lowest BCUT2D eigenvalue weighted by atomic mass is 9.97. The molecule has 1 aromatic carbocycles. The number of amides is 1. The first kappa shape index (κ1) is 15.4. The standard InChI is InChI=1S/C15H16F2N2O2/c16-10-3-4-11(12(17)7-10)13(9-18)19-14(20)8-15(21)5-1-2-6-15/h3-4,7,13,21H,1-2,5-6,8H2,(H,19,20). The summed E-state index contributed by atoms with van der Waals surface area (Å²) in [6.45, 7) is 0. The van der Waals surface area contributed by atoms with Gasteiger partial charge in [0.25, 0.3) is 0 Å². The van der Waals surface area contributed by atoms with Gasteiger partial charge in [0, 0.05) is 11.6 Å². The Balaban J connectivity index is 2.05. The van der Waals surface area contributed by atoms with Crippen molar-refractivity contribution < 1.29 is 18.7 Å². The van der Waals surface area contributed by atoms with Crippen LogP contribution in [-0.2, 0) is 4.79 Å². The van der Waals surface area contributed by atoms with Crippen LogP contribution in [0.2, 0.25) is 0 Å². The Kier molecular flexibility index (Phi) is 4.53. The van der Waals surface area contributed by atoms with Gasteiger partial charge >= 0.3 is 0 Å². The molecule has 1 aliphatic rings. The summed E-state index contributed by atoms with van der Waals surface area (Å²) in [6, 6.07) is 3.38. The summed E-state index contributed by atoms with van der Waals surface area (Å²) in [6.07, 6.45) is 2.69. The third-order valence-electron chi connectivity index (χ3n) is 3.73. The Morgan fingerprint density at radius 3 is 2.67 bits per heavy atom. The molecule has 6 heteroatoms. The van der Waals surface area contributed by atoms with E-state index in [-0.39, 0.29) is 12.0 Å². The van der Waals surface area contributed by atoms with Gasteiger partial charge in [0.05, 0.1) is 18.1 Å². The molecule has 1 fully saturated rings. The lowest BCUT2D eigenvalue weighted by Crippen LogP contribution is -2.36. The Morgan fingerprint density at radius 1 is 1.43 bits per heavy atom. The zero-order valence-electron chi connectivity index (χ0n) is 11.4. The molecule has 0 radical (unpaired) electrons. The van der Waals surface area contributed by atoms with E-state index >= 15 is 0 Å². The van der Waals surface area contributed by atoms with Crippen LogP contribution in [0, 0.1) is 23.0 Å². The molecule has 0 heterocycles. The van der Waals surface area contributed by atoms with E-state index < -0.39 is 29.2 Å². The first-order chi connectivity index (χ1) is 9.93. The highest BCUT2D eigenvalue weighted by atomic mass is 19.1. The molecule has 1 aliphatic carbocycles. The Labute approximate surface area is 121 Å². The molecule has 2 N–H and O–H groups in total. The van der Waals surface area contributed by atoms with Gasteiger partial charge in [-0.05, 0) is 18.9 Å². The van der Waals surface area contributed by atoms with Crippen LogP contribution in [0.15, 0.2) is 18.2 Å². The SMILES string of the molecule is N#CC(NC(=O)CC1(O)CCCC1)c1ccc(F)cc1F. The van der Waals surface area contributed by atoms with Crippen molar-refractivity contribution >= 4 is 5.91 Å². The molecule has 1 aromatic rings. The number of nitriles is 1. The zero-order chi connectivity index (χ0) is 15.5. The first-order valence-electron chi connectivity index (χ1n) is 6.80. The van der Waals surface area contributed by atoms with Crippen LogP contribution in [0.4, 0.5) is 8.78 Å². The Hall–Kier alpha value is -2.00. The number of nitrogens with zero attached hydrogens (tertiary/aromatic N) is 1. The molecule has 1 saturated carbocycles. The largest absolute Gasteiger partial charge is 0.389 e. The van der Waals surface area contributed by atoms with E-state index in [0.717, 1.165) is 25.0 Å². The van der Waals surface area contributed by atoms with Crippen molar-refractivity contribution in [1.29, 1.82) is 5.26 Å². The van der Waals surface area contributed by atoms with Gasteiger partial charge in [0.2, 0.25) is 5.91 Å². The van der Waals surface area contributed by atoms with Gasteiger partial charge in [-0.25, -0.2) is 8.78 Å². The molecule has 0 saturated heterocycles. The number of benzene rings is 1. The molecule has 21 heavy (non-hydrogen) atoms. The number of aliphatic hydroxyl groups is 1. The minimum Gasteiger partial charge on any atom is -0.389 e. The Bertz CT molecular complexity index is 578. The van der Waals surface area contributed by atoms with E-state index in [9.17, 15) is 18.7 Å². The number of halogens is 2. The van der Waals surface area contributed by atoms with Gasteiger partial charge in [-0.15, -0.1) is 0 Å². The van der Waals surface area contributed by atoms with E-state index in [1.165, 1.54) is 0 Å². The summed E-state index contributed by atoms with van der Waals surface area (Å²) in [5, 5.41) is 21.6. The summed E-state index contributed by atoms with van der Waals surface area (Å²) < 4.78 is 26.5. The number of rotatable bonds is 4.